The molecule has 0 spiro atoms. The maximum atomic E-state index is 12.9. The molecule has 0 aliphatic rings. The summed E-state index contributed by atoms with van der Waals surface area (Å²) < 4.78 is 0. The molecule has 3 amide bonds. The minimum atomic E-state index is -1.27. The molecule has 0 radical (unpaired) electrons. The SMILES string of the molecule is NC(CO)C(=O)NC(Cc1c[nH]c2ccccc12)C(=O)NCC(=O)NC(Cc1ccc(O)cc1)C(=O)O. The molecule has 37 heavy (non-hydrogen) atoms. The van der Waals surface area contributed by atoms with E-state index in [1.165, 1.54) is 24.3 Å². The molecule has 0 saturated heterocycles. The number of fused-ring (bicyclic) bond motifs is 1. The number of rotatable bonds is 12. The Bertz CT molecular complexity index is 1260. The first kappa shape index (κ1) is 27.2. The van der Waals surface area contributed by atoms with Gasteiger partial charge in [0, 0.05) is 29.9 Å². The summed E-state index contributed by atoms with van der Waals surface area (Å²) >= 11 is 0. The van der Waals surface area contributed by atoms with E-state index in [-0.39, 0.29) is 18.6 Å². The molecule has 3 atom stereocenters. The van der Waals surface area contributed by atoms with Crippen LogP contribution in [0.5, 0.6) is 5.75 Å². The van der Waals surface area contributed by atoms with Gasteiger partial charge < -0.3 is 42.0 Å². The number of aromatic amines is 1. The van der Waals surface area contributed by atoms with Crippen molar-refractivity contribution in [1.29, 1.82) is 0 Å². The van der Waals surface area contributed by atoms with E-state index >= 15 is 0 Å². The van der Waals surface area contributed by atoms with Gasteiger partial charge in [0.2, 0.25) is 17.7 Å². The van der Waals surface area contributed by atoms with Gasteiger partial charge in [-0.05, 0) is 29.3 Å². The molecule has 9 N–H and O–H groups in total. The summed E-state index contributed by atoms with van der Waals surface area (Å²) in [4.78, 5) is 52.4. The van der Waals surface area contributed by atoms with E-state index in [9.17, 15) is 34.5 Å². The number of aliphatic hydroxyl groups is 1. The van der Waals surface area contributed by atoms with Crippen LogP contribution in [0.25, 0.3) is 10.9 Å². The highest BCUT2D eigenvalue weighted by Gasteiger charge is 2.26. The molecule has 3 aromatic rings. The molecule has 0 aliphatic carbocycles. The number of aliphatic carboxylic acids is 1. The van der Waals surface area contributed by atoms with Crippen molar-refractivity contribution in [3.8, 4) is 5.75 Å². The second-order valence-electron chi connectivity index (χ2n) is 8.46. The van der Waals surface area contributed by atoms with E-state index < -0.39 is 55.0 Å². The van der Waals surface area contributed by atoms with Gasteiger partial charge in [-0.2, -0.15) is 0 Å². The first-order chi connectivity index (χ1) is 17.7. The molecule has 0 saturated carbocycles. The number of carboxylic acids is 1. The topological polar surface area (TPSA) is 207 Å². The van der Waals surface area contributed by atoms with Crippen LogP contribution in [0.2, 0.25) is 0 Å². The van der Waals surface area contributed by atoms with E-state index in [1.54, 1.807) is 6.20 Å². The highest BCUT2D eigenvalue weighted by atomic mass is 16.4. The van der Waals surface area contributed by atoms with Crippen molar-refractivity contribution in [1.82, 2.24) is 20.9 Å². The van der Waals surface area contributed by atoms with E-state index in [0.717, 1.165) is 16.5 Å². The molecule has 3 rings (SSSR count). The Morgan fingerprint density at radius 2 is 1.62 bits per heavy atom. The van der Waals surface area contributed by atoms with Crippen molar-refractivity contribution in [3.05, 3.63) is 65.9 Å². The van der Waals surface area contributed by atoms with Crippen LogP contribution in [-0.2, 0) is 32.0 Å². The first-order valence-corrected chi connectivity index (χ1v) is 11.5. The highest BCUT2D eigenvalue weighted by Crippen LogP contribution is 2.19. The van der Waals surface area contributed by atoms with E-state index in [2.05, 4.69) is 20.9 Å². The fraction of sp³-hybridized carbons (Fsp3) is 0.280. The van der Waals surface area contributed by atoms with Crippen LogP contribution in [0.15, 0.2) is 54.7 Å². The molecule has 12 nitrogen and oxygen atoms in total. The largest absolute Gasteiger partial charge is 0.508 e. The maximum Gasteiger partial charge on any atom is 0.326 e. The van der Waals surface area contributed by atoms with Crippen LogP contribution in [0.4, 0.5) is 0 Å². The summed E-state index contributed by atoms with van der Waals surface area (Å²) in [6.45, 7) is -1.15. The number of aromatic hydroxyl groups is 1. The number of H-pyrrole nitrogens is 1. The van der Waals surface area contributed by atoms with Gasteiger partial charge in [-0.1, -0.05) is 30.3 Å². The zero-order valence-corrected chi connectivity index (χ0v) is 19.8. The number of para-hydroxylation sites is 1. The summed E-state index contributed by atoms with van der Waals surface area (Å²) in [6.07, 6.45) is 1.74. The van der Waals surface area contributed by atoms with Crippen molar-refractivity contribution < 1.29 is 34.5 Å². The molecular weight excluding hydrogens is 482 g/mol. The molecule has 0 fully saturated rings. The van der Waals surface area contributed by atoms with Gasteiger partial charge in [-0.15, -0.1) is 0 Å². The minimum absolute atomic E-state index is 0.0246. The first-order valence-electron chi connectivity index (χ1n) is 11.5. The summed E-state index contributed by atoms with van der Waals surface area (Å²) in [6, 6.07) is 9.64. The normalized spacial score (nSPS) is 13.4. The Hall–Kier alpha value is -4.42. The molecule has 1 heterocycles. The number of aromatic nitrogens is 1. The Morgan fingerprint density at radius 1 is 0.919 bits per heavy atom. The van der Waals surface area contributed by atoms with Gasteiger partial charge in [0.05, 0.1) is 13.2 Å². The zero-order chi connectivity index (χ0) is 26.9. The van der Waals surface area contributed by atoms with Crippen LogP contribution in [0.3, 0.4) is 0 Å². The molecule has 196 valence electrons. The third kappa shape index (κ3) is 7.53. The summed E-state index contributed by atoms with van der Waals surface area (Å²) in [5, 5.41) is 36.1. The molecule has 3 unspecified atom stereocenters. The molecule has 12 heteroatoms. The molecule has 1 aromatic heterocycles. The fourth-order valence-corrected chi connectivity index (χ4v) is 3.70. The fourth-order valence-electron chi connectivity index (χ4n) is 3.70. The predicted molar refractivity (Wildman–Crippen MR) is 133 cm³/mol. The van der Waals surface area contributed by atoms with Gasteiger partial charge in [0.15, 0.2) is 0 Å². The van der Waals surface area contributed by atoms with E-state index in [0.29, 0.717) is 5.56 Å². The van der Waals surface area contributed by atoms with Crippen LogP contribution < -0.4 is 21.7 Å². The predicted octanol–water partition coefficient (Wildman–Crippen LogP) is -0.851. The highest BCUT2D eigenvalue weighted by molar-refractivity contribution is 5.93. The van der Waals surface area contributed by atoms with Crippen LogP contribution in [-0.4, -0.2) is 75.3 Å². The van der Waals surface area contributed by atoms with Crippen molar-refractivity contribution >= 4 is 34.6 Å². The number of phenolic OH excluding ortho intramolecular Hbond substituents is 1. The number of aliphatic hydroxyl groups excluding tert-OH is 1. The summed E-state index contributed by atoms with van der Waals surface area (Å²) in [7, 11) is 0. The number of hydrogen-bond acceptors (Lipinski definition) is 7. The van der Waals surface area contributed by atoms with Gasteiger partial charge >= 0.3 is 5.97 Å². The van der Waals surface area contributed by atoms with Crippen molar-refractivity contribution in [2.45, 2.75) is 31.0 Å². The smallest absolute Gasteiger partial charge is 0.326 e. The Morgan fingerprint density at radius 3 is 2.30 bits per heavy atom. The minimum Gasteiger partial charge on any atom is -0.508 e. The van der Waals surface area contributed by atoms with Crippen molar-refractivity contribution in [2.75, 3.05) is 13.2 Å². The number of phenols is 1. The lowest BCUT2D eigenvalue weighted by molar-refractivity contribution is -0.141. The van der Waals surface area contributed by atoms with Crippen molar-refractivity contribution in [2.24, 2.45) is 5.73 Å². The van der Waals surface area contributed by atoms with Gasteiger partial charge in [0.1, 0.15) is 23.9 Å². The number of hydrogen-bond donors (Lipinski definition) is 8. The van der Waals surface area contributed by atoms with Crippen LogP contribution in [0, 0.1) is 0 Å². The van der Waals surface area contributed by atoms with Gasteiger partial charge in [-0.3, -0.25) is 14.4 Å². The van der Waals surface area contributed by atoms with Crippen LogP contribution >= 0.6 is 0 Å². The molecular formula is C25H29N5O7. The number of nitrogens with one attached hydrogen (secondary N) is 4. The van der Waals surface area contributed by atoms with E-state index in [1.807, 2.05) is 24.3 Å². The third-order valence-corrected chi connectivity index (χ3v) is 5.70. The molecule has 0 bridgehead atoms. The number of benzene rings is 2. The van der Waals surface area contributed by atoms with E-state index in [4.69, 9.17) is 5.73 Å². The standard InChI is InChI=1S/C25H29N5O7/c26-18(13-31)23(34)30-20(10-15-11-27-19-4-2-1-3-17(15)19)24(35)28-12-22(33)29-21(25(36)37)9-14-5-7-16(32)8-6-14/h1-8,11,18,20-21,27,31-32H,9-10,12-13,26H2,(H,28,35)(H,29,33)(H,30,34)(H,36,37). The zero-order valence-electron chi connectivity index (χ0n) is 19.8. The lowest BCUT2D eigenvalue weighted by Crippen LogP contribution is -2.55. The number of carboxylic acid groups (broad SMARTS) is 1. The van der Waals surface area contributed by atoms with Crippen molar-refractivity contribution in [3.63, 3.8) is 0 Å². The second-order valence-corrected chi connectivity index (χ2v) is 8.46. The second kappa shape index (κ2) is 12.5. The Kier molecular flexibility index (Phi) is 9.19. The number of nitrogens with two attached hydrogens (primary N) is 1. The summed E-state index contributed by atoms with van der Waals surface area (Å²) in [5.41, 5.74) is 7.72. The molecule has 0 aliphatic heterocycles. The summed E-state index contributed by atoms with van der Waals surface area (Å²) in [5.74, 6) is -3.42. The monoisotopic (exact) mass is 511 g/mol. The average Bonchev–Trinajstić information content (AvgIpc) is 3.29. The Balaban J connectivity index is 1.65. The number of carbonyl (C=O) groups excluding carboxylic acids is 3. The van der Waals surface area contributed by atoms with Gasteiger partial charge in [0.25, 0.3) is 0 Å². The maximum absolute atomic E-state index is 12.9. The third-order valence-electron chi connectivity index (χ3n) is 5.70. The molecule has 2 aromatic carbocycles. The Labute approximate surface area is 211 Å². The lowest BCUT2D eigenvalue weighted by atomic mass is 10.0. The number of amides is 3. The number of carbonyl (C=O) groups is 4. The lowest BCUT2D eigenvalue weighted by Gasteiger charge is -2.20. The quantitative estimate of drug-likeness (QED) is 0.153. The van der Waals surface area contributed by atoms with Gasteiger partial charge in [-0.25, -0.2) is 4.79 Å². The average molecular weight is 512 g/mol. The van der Waals surface area contributed by atoms with Crippen LogP contribution in [0.1, 0.15) is 11.1 Å².